The van der Waals surface area contributed by atoms with Gasteiger partial charge in [0.2, 0.25) is 0 Å². The molecule has 1 saturated heterocycles. The molecule has 0 N–H and O–H groups in total. The minimum atomic E-state index is -5.10. The Hall–Kier alpha value is -2.27. The van der Waals surface area contributed by atoms with Crippen molar-refractivity contribution in [3.8, 4) is 0 Å². The molecule has 3 nitrogen and oxygen atoms in total. The summed E-state index contributed by atoms with van der Waals surface area (Å²) >= 11 is 1.10. The van der Waals surface area contributed by atoms with Crippen molar-refractivity contribution in [2.24, 2.45) is 0 Å². The van der Waals surface area contributed by atoms with Crippen LogP contribution >= 0.6 is 11.8 Å². The van der Waals surface area contributed by atoms with Gasteiger partial charge in [0.05, 0.1) is 5.56 Å². The molecule has 0 bridgehead atoms. The second-order valence-electron chi connectivity index (χ2n) is 6.86. The fourth-order valence-corrected chi connectivity index (χ4v) is 4.29. The average molecular weight is 467 g/mol. The van der Waals surface area contributed by atoms with Gasteiger partial charge in [-0.3, -0.25) is 0 Å². The number of hydrogen-bond acceptors (Lipinski definition) is 4. The molecule has 0 amide bonds. The van der Waals surface area contributed by atoms with E-state index >= 15 is 0 Å². The minimum Gasteiger partial charge on any atom is -0.361 e. The van der Waals surface area contributed by atoms with Gasteiger partial charge in [-0.15, -0.1) is 5.06 Å². The summed E-state index contributed by atoms with van der Waals surface area (Å²) in [6.45, 7) is -0.0174. The SMILES string of the molecule is O=C(ON1CCC(c2c(F)cccc2Sc2ccc(C(F)(F)F)cc2)CC1)C(F)(F)F. The molecule has 0 aliphatic carbocycles. The first kappa shape index (κ1) is 23.4. The van der Waals surface area contributed by atoms with Crippen molar-refractivity contribution in [1.29, 1.82) is 0 Å². The maximum Gasteiger partial charge on any atom is 0.492 e. The molecule has 0 atom stereocenters. The standard InChI is InChI=1S/C20H16F7NO2S/c21-15-2-1-3-16(31-14-6-4-13(5-7-14)19(22,23)24)17(15)12-8-10-28(11-9-12)30-18(29)20(25,26)27/h1-7,12H,8-11H2. The number of carbonyl (C=O) groups is 1. The van der Waals surface area contributed by atoms with Gasteiger partial charge >= 0.3 is 18.3 Å². The van der Waals surface area contributed by atoms with Crippen molar-refractivity contribution in [2.45, 2.75) is 40.9 Å². The van der Waals surface area contributed by atoms with Crippen LogP contribution in [-0.2, 0) is 15.8 Å². The van der Waals surface area contributed by atoms with Gasteiger partial charge in [0.25, 0.3) is 0 Å². The van der Waals surface area contributed by atoms with Crippen LogP contribution in [0.3, 0.4) is 0 Å². The largest absolute Gasteiger partial charge is 0.492 e. The summed E-state index contributed by atoms with van der Waals surface area (Å²) in [6.07, 6.45) is -9.08. The monoisotopic (exact) mass is 467 g/mol. The fourth-order valence-electron chi connectivity index (χ4n) is 3.25. The molecule has 31 heavy (non-hydrogen) atoms. The molecule has 0 unspecified atom stereocenters. The van der Waals surface area contributed by atoms with Gasteiger partial charge in [-0.25, -0.2) is 9.18 Å². The quantitative estimate of drug-likeness (QED) is 0.501. The molecule has 11 heteroatoms. The van der Waals surface area contributed by atoms with Gasteiger partial charge < -0.3 is 4.84 Å². The zero-order valence-electron chi connectivity index (χ0n) is 15.8. The van der Waals surface area contributed by atoms with Crippen molar-refractivity contribution in [2.75, 3.05) is 13.1 Å². The minimum absolute atomic E-state index is 0.00872. The molecule has 3 rings (SSSR count). The lowest BCUT2D eigenvalue weighted by Gasteiger charge is -2.31. The topological polar surface area (TPSA) is 29.5 Å². The Morgan fingerprint density at radius 3 is 2.13 bits per heavy atom. The van der Waals surface area contributed by atoms with Crippen LogP contribution in [0.1, 0.15) is 29.9 Å². The van der Waals surface area contributed by atoms with E-state index in [1.807, 2.05) is 0 Å². The number of benzene rings is 2. The third-order valence-corrected chi connectivity index (χ3v) is 5.81. The molecule has 2 aromatic rings. The zero-order valence-corrected chi connectivity index (χ0v) is 16.6. The van der Waals surface area contributed by atoms with Gasteiger partial charge in [0.15, 0.2) is 0 Å². The van der Waals surface area contributed by atoms with Gasteiger partial charge in [-0.2, -0.15) is 26.3 Å². The Labute approximate surface area is 177 Å². The number of hydrogen-bond donors (Lipinski definition) is 0. The summed E-state index contributed by atoms with van der Waals surface area (Å²) in [5.41, 5.74) is -0.453. The van der Waals surface area contributed by atoms with Crippen LogP contribution in [0.4, 0.5) is 30.7 Å². The molecule has 2 aromatic carbocycles. The molecule has 0 spiro atoms. The summed E-state index contributed by atoms with van der Waals surface area (Å²) in [5, 5.41) is 0.899. The van der Waals surface area contributed by atoms with Gasteiger partial charge in [-0.05, 0) is 55.2 Å². The summed E-state index contributed by atoms with van der Waals surface area (Å²) < 4.78 is 89.8. The number of hydroxylamine groups is 2. The summed E-state index contributed by atoms with van der Waals surface area (Å²) in [4.78, 5) is 16.3. The van der Waals surface area contributed by atoms with E-state index < -0.39 is 29.7 Å². The van der Waals surface area contributed by atoms with Crippen LogP contribution in [0.25, 0.3) is 0 Å². The molecule has 0 saturated carbocycles. The van der Waals surface area contributed by atoms with Crippen LogP contribution in [0.5, 0.6) is 0 Å². The van der Waals surface area contributed by atoms with Crippen LogP contribution in [-0.4, -0.2) is 30.3 Å². The molecule has 1 aliphatic heterocycles. The second kappa shape index (κ2) is 9.07. The molecule has 1 aliphatic rings. The Balaban J connectivity index is 1.71. The highest BCUT2D eigenvalue weighted by molar-refractivity contribution is 7.99. The summed E-state index contributed by atoms with van der Waals surface area (Å²) in [6, 6.07) is 8.83. The van der Waals surface area contributed by atoms with Crippen LogP contribution in [0, 0.1) is 5.82 Å². The Bertz CT molecular complexity index is 921. The lowest BCUT2D eigenvalue weighted by molar-refractivity contribution is -0.241. The molecule has 1 heterocycles. The molecule has 0 radical (unpaired) electrons. The highest BCUT2D eigenvalue weighted by Crippen LogP contribution is 2.40. The van der Waals surface area contributed by atoms with Gasteiger partial charge in [-0.1, -0.05) is 17.8 Å². The molecule has 168 valence electrons. The van der Waals surface area contributed by atoms with E-state index in [0.29, 0.717) is 15.4 Å². The summed E-state index contributed by atoms with van der Waals surface area (Å²) in [5.74, 6) is -3.17. The van der Waals surface area contributed by atoms with Crippen LogP contribution in [0.2, 0.25) is 0 Å². The lowest BCUT2D eigenvalue weighted by Crippen LogP contribution is -2.39. The molecular formula is C20H16F7NO2S. The van der Waals surface area contributed by atoms with E-state index in [1.165, 1.54) is 24.3 Å². The van der Waals surface area contributed by atoms with E-state index in [9.17, 15) is 35.5 Å². The van der Waals surface area contributed by atoms with Crippen molar-refractivity contribution in [3.05, 3.63) is 59.4 Å². The number of nitrogens with zero attached hydrogens (tertiary/aromatic N) is 1. The van der Waals surface area contributed by atoms with Crippen molar-refractivity contribution in [3.63, 3.8) is 0 Å². The first-order chi connectivity index (χ1) is 14.4. The van der Waals surface area contributed by atoms with Crippen molar-refractivity contribution >= 4 is 17.7 Å². The zero-order chi connectivity index (χ0) is 22.8. The highest BCUT2D eigenvalue weighted by Gasteiger charge is 2.43. The van der Waals surface area contributed by atoms with Gasteiger partial charge in [0.1, 0.15) is 5.82 Å². The smallest absolute Gasteiger partial charge is 0.361 e. The van der Waals surface area contributed by atoms with E-state index in [1.54, 1.807) is 6.07 Å². The third-order valence-electron chi connectivity index (χ3n) is 4.73. The Kier molecular flexibility index (Phi) is 6.85. The number of rotatable bonds is 4. The molecule has 1 fully saturated rings. The van der Waals surface area contributed by atoms with E-state index in [-0.39, 0.29) is 31.8 Å². The molecular weight excluding hydrogens is 451 g/mol. The predicted molar refractivity (Wildman–Crippen MR) is 97.7 cm³/mol. The third kappa shape index (κ3) is 5.91. The Morgan fingerprint density at radius 1 is 0.968 bits per heavy atom. The normalized spacial score (nSPS) is 16.4. The lowest BCUT2D eigenvalue weighted by atomic mass is 9.89. The maximum absolute atomic E-state index is 14.6. The van der Waals surface area contributed by atoms with Gasteiger partial charge in [0, 0.05) is 28.4 Å². The number of carbonyl (C=O) groups excluding carboxylic acids is 1. The van der Waals surface area contributed by atoms with Crippen LogP contribution in [0.15, 0.2) is 52.3 Å². The number of halogens is 7. The average Bonchev–Trinajstić information content (AvgIpc) is 2.68. The first-order valence-electron chi connectivity index (χ1n) is 9.12. The highest BCUT2D eigenvalue weighted by atomic mass is 32.2. The second-order valence-corrected chi connectivity index (χ2v) is 7.97. The Morgan fingerprint density at radius 2 is 1.58 bits per heavy atom. The van der Waals surface area contributed by atoms with E-state index in [2.05, 4.69) is 4.84 Å². The van der Waals surface area contributed by atoms with E-state index in [4.69, 9.17) is 0 Å². The van der Waals surface area contributed by atoms with Crippen LogP contribution < -0.4 is 0 Å². The predicted octanol–water partition coefficient (Wildman–Crippen LogP) is 6.20. The number of alkyl halides is 6. The first-order valence-corrected chi connectivity index (χ1v) is 9.94. The molecule has 0 aromatic heterocycles. The van der Waals surface area contributed by atoms with Crippen molar-refractivity contribution in [1.82, 2.24) is 5.06 Å². The maximum atomic E-state index is 14.6. The summed E-state index contributed by atoms with van der Waals surface area (Å²) in [7, 11) is 0. The van der Waals surface area contributed by atoms with E-state index in [0.717, 1.165) is 29.0 Å². The van der Waals surface area contributed by atoms with Crippen molar-refractivity contribution < 1.29 is 40.4 Å². The number of piperidine rings is 1. The fraction of sp³-hybridized carbons (Fsp3) is 0.350.